The molecule has 2 N–H and O–H groups in total. The van der Waals surface area contributed by atoms with Gasteiger partial charge in [-0.3, -0.25) is 14.7 Å². The molecule has 4 nitrogen and oxygen atoms in total. The van der Waals surface area contributed by atoms with Crippen LogP contribution in [0.3, 0.4) is 0 Å². The Morgan fingerprint density at radius 1 is 1.22 bits per heavy atom. The smallest absolute Gasteiger partial charge is 0.320 e. The van der Waals surface area contributed by atoms with Crippen molar-refractivity contribution < 1.29 is 14.5 Å². The van der Waals surface area contributed by atoms with Crippen LogP contribution in [0.25, 0.3) is 0 Å². The van der Waals surface area contributed by atoms with E-state index in [0.29, 0.717) is 6.42 Å². The van der Waals surface area contributed by atoms with Gasteiger partial charge in [0.15, 0.2) is 0 Å². The summed E-state index contributed by atoms with van der Waals surface area (Å²) in [7, 11) is 0. The first-order valence-electron chi connectivity index (χ1n) is 6.12. The van der Waals surface area contributed by atoms with Gasteiger partial charge in [-0.1, -0.05) is 57.4 Å². The van der Waals surface area contributed by atoms with Gasteiger partial charge in [0, 0.05) is 10.5 Å². The van der Waals surface area contributed by atoms with E-state index in [1.54, 1.807) is 0 Å². The van der Waals surface area contributed by atoms with Crippen LogP contribution in [0.15, 0.2) is 0 Å². The lowest BCUT2D eigenvalue weighted by molar-refractivity contribution is -0.139. The van der Waals surface area contributed by atoms with E-state index in [-0.39, 0.29) is 16.8 Å². The van der Waals surface area contributed by atoms with Crippen molar-refractivity contribution >= 4 is 34.3 Å². The van der Waals surface area contributed by atoms with Crippen LogP contribution in [0.4, 0.5) is 0 Å². The number of hydrogen-bond donors (Lipinski definition) is 2. The summed E-state index contributed by atoms with van der Waals surface area (Å²) >= 11 is 2.91. The van der Waals surface area contributed by atoms with Gasteiger partial charge in [-0.25, -0.2) is 0 Å². The summed E-state index contributed by atoms with van der Waals surface area (Å²) in [4.78, 5) is 10.9. The molecular formula is C11H24NO3PS2. The van der Waals surface area contributed by atoms with Crippen molar-refractivity contribution in [2.24, 2.45) is 0 Å². The number of carboxylic acids is 1. The average molecular weight is 313 g/mol. The molecule has 0 fully saturated rings. The molecule has 0 saturated heterocycles. The zero-order valence-electron chi connectivity index (χ0n) is 11.7. The predicted molar refractivity (Wildman–Crippen MR) is 82.8 cm³/mol. The average Bonchev–Trinajstić information content (AvgIpc) is 2.14. The maximum atomic E-state index is 12.7. The molecule has 0 saturated carbocycles. The Balaban J connectivity index is 4.59. The molecule has 0 bridgehead atoms. The quantitative estimate of drug-likeness (QED) is 0.630. The molecule has 0 aromatic rings. The van der Waals surface area contributed by atoms with Gasteiger partial charge in [0.2, 0.25) is 5.55 Å². The van der Waals surface area contributed by atoms with E-state index in [0.717, 1.165) is 0 Å². The van der Waals surface area contributed by atoms with E-state index in [1.807, 2.05) is 34.6 Å². The molecule has 108 valence electrons. The number of carbonyl (C=O) groups is 1. The molecule has 0 spiro atoms. The highest BCUT2D eigenvalue weighted by atomic mass is 33.1. The number of nitrogens with one attached hydrogen (secondary N) is 1. The Kier molecular flexibility index (Phi) is 8.69. The first kappa shape index (κ1) is 18.4. The van der Waals surface area contributed by atoms with Gasteiger partial charge in [-0.05, 0) is 6.42 Å². The molecule has 0 aromatic heterocycles. The number of rotatable bonds is 9. The molecule has 0 aliphatic rings. The molecule has 1 atom stereocenters. The van der Waals surface area contributed by atoms with Crippen LogP contribution in [-0.4, -0.2) is 33.9 Å². The van der Waals surface area contributed by atoms with E-state index in [9.17, 15) is 9.36 Å². The molecule has 7 heteroatoms. The molecule has 0 rings (SSSR count). The summed E-state index contributed by atoms with van der Waals surface area (Å²) in [5.41, 5.74) is -2.48. The Morgan fingerprint density at radius 2 is 1.67 bits per heavy atom. The van der Waals surface area contributed by atoms with Gasteiger partial charge >= 0.3 is 5.97 Å². The van der Waals surface area contributed by atoms with Crippen LogP contribution >= 0.6 is 28.3 Å². The largest absolute Gasteiger partial charge is 0.480 e. The number of aliphatic carboxylic acids is 1. The van der Waals surface area contributed by atoms with Crippen molar-refractivity contribution in [3.63, 3.8) is 0 Å². The van der Waals surface area contributed by atoms with Gasteiger partial charge < -0.3 is 5.11 Å². The van der Waals surface area contributed by atoms with Gasteiger partial charge in [-0.15, -0.1) is 0 Å². The fourth-order valence-corrected chi connectivity index (χ4v) is 11.7. The van der Waals surface area contributed by atoms with Crippen LogP contribution in [0.1, 0.15) is 41.0 Å². The summed E-state index contributed by atoms with van der Waals surface area (Å²) in [5.74, 6) is -0.881. The highest BCUT2D eigenvalue weighted by Crippen LogP contribution is 2.70. The lowest BCUT2D eigenvalue weighted by Crippen LogP contribution is -2.36. The maximum Gasteiger partial charge on any atom is 0.320 e. The van der Waals surface area contributed by atoms with E-state index in [2.05, 4.69) is 5.32 Å². The molecule has 0 aliphatic heterocycles. The Morgan fingerprint density at radius 3 is 1.94 bits per heavy atom. The van der Waals surface area contributed by atoms with E-state index < -0.39 is 17.6 Å². The zero-order chi connectivity index (χ0) is 14.3. The zero-order valence-corrected chi connectivity index (χ0v) is 14.2. The maximum absolute atomic E-state index is 12.7. The van der Waals surface area contributed by atoms with Crippen molar-refractivity contribution in [1.29, 1.82) is 0 Å². The van der Waals surface area contributed by atoms with Crippen molar-refractivity contribution in [3.05, 3.63) is 0 Å². The van der Waals surface area contributed by atoms with Gasteiger partial charge in [0.25, 0.3) is 0 Å². The third-order valence-electron chi connectivity index (χ3n) is 1.98. The fraction of sp³-hybridized carbons (Fsp3) is 0.909. The minimum atomic E-state index is -2.48. The van der Waals surface area contributed by atoms with Crippen molar-refractivity contribution in [3.8, 4) is 0 Å². The molecular weight excluding hydrogens is 289 g/mol. The number of carboxylic acid groups (broad SMARTS) is 1. The van der Waals surface area contributed by atoms with Crippen molar-refractivity contribution in [2.45, 2.75) is 57.6 Å². The second kappa shape index (κ2) is 8.51. The summed E-state index contributed by atoms with van der Waals surface area (Å²) in [6.45, 7) is 9.83. The fourth-order valence-electron chi connectivity index (χ4n) is 1.37. The summed E-state index contributed by atoms with van der Waals surface area (Å²) in [6, 6.07) is -0.612. The minimum absolute atomic E-state index is 0.267. The van der Waals surface area contributed by atoms with Crippen molar-refractivity contribution in [2.75, 3.05) is 6.29 Å². The molecule has 0 heterocycles. The lowest BCUT2D eigenvalue weighted by Gasteiger charge is -2.23. The second-order valence-corrected chi connectivity index (χ2v) is 13.9. The Hall–Kier alpha value is 0.360. The normalized spacial score (nSPS) is 14.2. The Bertz CT molecular complexity index is 297. The third-order valence-corrected chi connectivity index (χ3v) is 10.8. The molecule has 1 unspecified atom stereocenters. The molecule has 0 aromatic carbocycles. The SMILES string of the molecule is CCC(NCP(=O)(SC(C)C)SC(C)C)C(=O)O. The third kappa shape index (κ3) is 7.72. The van der Waals surface area contributed by atoms with E-state index >= 15 is 0 Å². The lowest BCUT2D eigenvalue weighted by atomic mass is 10.2. The standard InChI is InChI=1S/C11H24NO3PS2/c1-6-10(11(13)14)12-7-16(15,17-8(2)3)18-9(4)5/h8-10,12H,6-7H2,1-5H3,(H,13,14). The van der Waals surface area contributed by atoms with Crippen LogP contribution in [-0.2, 0) is 9.36 Å². The van der Waals surface area contributed by atoms with Crippen LogP contribution in [0, 0.1) is 0 Å². The van der Waals surface area contributed by atoms with Crippen LogP contribution < -0.4 is 5.32 Å². The summed E-state index contributed by atoms with van der Waals surface area (Å²) in [6.07, 6.45) is 0.761. The molecule has 0 radical (unpaired) electrons. The first-order valence-corrected chi connectivity index (χ1v) is 11.0. The van der Waals surface area contributed by atoms with Gasteiger partial charge in [-0.2, -0.15) is 0 Å². The van der Waals surface area contributed by atoms with E-state index in [4.69, 9.17) is 5.11 Å². The predicted octanol–water partition coefficient (Wildman–Crippen LogP) is 3.87. The van der Waals surface area contributed by atoms with E-state index in [1.165, 1.54) is 22.8 Å². The summed E-state index contributed by atoms with van der Waals surface area (Å²) in [5, 5.41) is 12.4. The monoisotopic (exact) mass is 313 g/mol. The molecule has 0 aliphatic carbocycles. The second-order valence-electron chi connectivity index (χ2n) is 4.58. The number of hydrogen-bond acceptors (Lipinski definition) is 5. The summed E-state index contributed by atoms with van der Waals surface area (Å²) < 4.78 is 12.7. The molecule has 0 amide bonds. The highest BCUT2D eigenvalue weighted by Gasteiger charge is 2.28. The molecule has 18 heavy (non-hydrogen) atoms. The first-order chi connectivity index (χ1) is 8.20. The van der Waals surface area contributed by atoms with Gasteiger partial charge in [0.1, 0.15) is 6.04 Å². The Labute approximate surface area is 118 Å². The highest BCUT2D eigenvalue weighted by molar-refractivity contribution is 8.90. The van der Waals surface area contributed by atoms with Crippen LogP contribution in [0.2, 0.25) is 0 Å². The van der Waals surface area contributed by atoms with Crippen LogP contribution in [0.5, 0.6) is 0 Å². The topological polar surface area (TPSA) is 66.4 Å². The minimum Gasteiger partial charge on any atom is -0.480 e. The van der Waals surface area contributed by atoms with Crippen molar-refractivity contribution in [1.82, 2.24) is 5.32 Å². The van der Waals surface area contributed by atoms with Gasteiger partial charge in [0.05, 0.1) is 6.29 Å².